The first-order chi connectivity index (χ1) is 9.56. The van der Waals surface area contributed by atoms with Crippen LogP contribution in [0.3, 0.4) is 0 Å². The van der Waals surface area contributed by atoms with Crippen molar-refractivity contribution in [2.45, 2.75) is 0 Å². The highest BCUT2D eigenvalue weighted by Crippen LogP contribution is 2.21. The fourth-order valence-corrected chi connectivity index (χ4v) is 1.65. The Balaban J connectivity index is 2.05. The van der Waals surface area contributed by atoms with Crippen molar-refractivity contribution in [2.75, 3.05) is 0 Å². The third-order valence-electron chi connectivity index (χ3n) is 2.48. The van der Waals surface area contributed by atoms with Crippen molar-refractivity contribution in [1.29, 1.82) is 0 Å². The van der Waals surface area contributed by atoms with E-state index in [1.807, 2.05) is 0 Å². The van der Waals surface area contributed by atoms with Crippen LogP contribution in [0.4, 0.5) is 0 Å². The normalized spacial score (nSPS) is 10.7. The van der Waals surface area contributed by atoms with Crippen molar-refractivity contribution in [3.05, 3.63) is 58.6 Å². The van der Waals surface area contributed by atoms with Gasteiger partial charge in [-0.15, -0.1) is 0 Å². The van der Waals surface area contributed by atoms with Gasteiger partial charge >= 0.3 is 0 Å². The van der Waals surface area contributed by atoms with E-state index in [0.29, 0.717) is 10.6 Å². The molecular formula is C14H11ClN2O3. The molecule has 0 saturated heterocycles. The second-order valence-corrected chi connectivity index (χ2v) is 4.39. The lowest BCUT2D eigenvalue weighted by molar-refractivity contribution is 0.0952. The zero-order valence-corrected chi connectivity index (χ0v) is 11.0. The molecule has 0 aliphatic rings. The summed E-state index contributed by atoms with van der Waals surface area (Å²) >= 11 is 5.75. The summed E-state index contributed by atoms with van der Waals surface area (Å²) in [7, 11) is 0. The monoisotopic (exact) mass is 290 g/mol. The van der Waals surface area contributed by atoms with Crippen molar-refractivity contribution in [3.8, 4) is 11.5 Å². The van der Waals surface area contributed by atoms with E-state index in [-0.39, 0.29) is 17.1 Å². The van der Waals surface area contributed by atoms with Gasteiger partial charge in [0.2, 0.25) is 0 Å². The second kappa shape index (κ2) is 6.08. The molecule has 2 aromatic carbocycles. The number of benzene rings is 2. The number of aromatic hydroxyl groups is 2. The first-order valence-electron chi connectivity index (χ1n) is 5.67. The Hall–Kier alpha value is -2.53. The van der Waals surface area contributed by atoms with Crippen LogP contribution in [0.2, 0.25) is 5.02 Å². The number of phenols is 2. The molecule has 0 aliphatic heterocycles. The number of hydrogen-bond donors (Lipinski definition) is 3. The first kappa shape index (κ1) is 13.9. The van der Waals surface area contributed by atoms with Crippen molar-refractivity contribution in [1.82, 2.24) is 5.43 Å². The molecule has 5 nitrogen and oxygen atoms in total. The zero-order chi connectivity index (χ0) is 14.5. The van der Waals surface area contributed by atoms with Gasteiger partial charge in [0.15, 0.2) is 0 Å². The molecule has 0 fully saturated rings. The van der Waals surface area contributed by atoms with Gasteiger partial charge in [0.1, 0.15) is 11.5 Å². The maximum atomic E-state index is 11.8. The Morgan fingerprint density at radius 1 is 1.15 bits per heavy atom. The minimum Gasteiger partial charge on any atom is -0.508 e. The number of phenolic OH excluding ortho intramolecular Hbond substituents is 2. The second-order valence-electron chi connectivity index (χ2n) is 3.95. The number of hydrogen-bond acceptors (Lipinski definition) is 4. The van der Waals surface area contributed by atoms with Gasteiger partial charge in [-0.05, 0) is 48.0 Å². The number of hydrazone groups is 1. The van der Waals surface area contributed by atoms with Gasteiger partial charge in [0.25, 0.3) is 5.91 Å². The van der Waals surface area contributed by atoms with Crippen LogP contribution in [0, 0.1) is 0 Å². The molecule has 2 aromatic rings. The lowest BCUT2D eigenvalue weighted by atomic mass is 10.2. The fourth-order valence-electron chi connectivity index (χ4n) is 1.48. The lowest BCUT2D eigenvalue weighted by Gasteiger charge is -2.03. The Kier molecular flexibility index (Phi) is 4.22. The molecule has 20 heavy (non-hydrogen) atoms. The molecule has 1 amide bonds. The van der Waals surface area contributed by atoms with E-state index in [1.165, 1.54) is 36.5 Å². The number of amides is 1. The van der Waals surface area contributed by atoms with Crippen LogP contribution >= 0.6 is 11.6 Å². The van der Waals surface area contributed by atoms with E-state index < -0.39 is 5.91 Å². The van der Waals surface area contributed by atoms with E-state index in [1.54, 1.807) is 12.1 Å². The predicted molar refractivity (Wildman–Crippen MR) is 76.3 cm³/mol. The van der Waals surface area contributed by atoms with Gasteiger partial charge in [0, 0.05) is 5.02 Å². The van der Waals surface area contributed by atoms with Gasteiger partial charge in [-0.3, -0.25) is 4.79 Å². The number of nitrogens with zero attached hydrogens (tertiary/aromatic N) is 1. The van der Waals surface area contributed by atoms with Crippen LogP contribution in [-0.4, -0.2) is 22.3 Å². The summed E-state index contributed by atoms with van der Waals surface area (Å²) in [6.45, 7) is 0. The van der Waals surface area contributed by atoms with E-state index >= 15 is 0 Å². The maximum Gasteiger partial charge on any atom is 0.275 e. The summed E-state index contributed by atoms with van der Waals surface area (Å²) in [5.74, 6) is -0.596. The highest BCUT2D eigenvalue weighted by molar-refractivity contribution is 6.31. The van der Waals surface area contributed by atoms with Gasteiger partial charge in [0.05, 0.1) is 11.8 Å². The van der Waals surface area contributed by atoms with Gasteiger partial charge in [-0.1, -0.05) is 11.6 Å². The fraction of sp³-hybridized carbons (Fsp3) is 0. The van der Waals surface area contributed by atoms with E-state index in [4.69, 9.17) is 16.7 Å². The van der Waals surface area contributed by atoms with Gasteiger partial charge in [-0.25, -0.2) is 5.43 Å². The molecule has 0 aromatic heterocycles. The van der Waals surface area contributed by atoms with Crippen LogP contribution in [0.5, 0.6) is 11.5 Å². The summed E-state index contributed by atoms with van der Waals surface area (Å²) in [5.41, 5.74) is 3.03. The molecule has 0 heterocycles. The van der Waals surface area contributed by atoms with E-state index in [0.717, 1.165) is 0 Å². The third kappa shape index (κ3) is 3.49. The molecule has 0 radical (unpaired) electrons. The van der Waals surface area contributed by atoms with Crippen LogP contribution in [0.1, 0.15) is 15.9 Å². The standard InChI is InChI=1S/C14H11ClN2O3/c15-10-3-6-13(19)12(7-10)14(20)17-16-8-9-1-4-11(18)5-2-9/h1-8,18-19H,(H,17,20)/b16-8-. The van der Waals surface area contributed by atoms with Crippen molar-refractivity contribution >= 4 is 23.7 Å². The molecular weight excluding hydrogens is 280 g/mol. The average Bonchev–Trinajstić information content (AvgIpc) is 2.43. The topological polar surface area (TPSA) is 81.9 Å². The summed E-state index contributed by atoms with van der Waals surface area (Å²) in [6.07, 6.45) is 1.42. The Labute approximate surface area is 120 Å². The molecule has 0 aliphatic carbocycles. The molecule has 0 spiro atoms. The Morgan fingerprint density at radius 2 is 1.85 bits per heavy atom. The smallest absolute Gasteiger partial charge is 0.275 e. The van der Waals surface area contributed by atoms with Gasteiger partial charge < -0.3 is 10.2 Å². The number of carbonyl (C=O) groups is 1. The summed E-state index contributed by atoms with van der Waals surface area (Å²) in [6, 6.07) is 10.5. The molecule has 0 saturated carbocycles. The molecule has 3 N–H and O–H groups in total. The molecule has 0 atom stereocenters. The average molecular weight is 291 g/mol. The highest BCUT2D eigenvalue weighted by Gasteiger charge is 2.10. The van der Waals surface area contributed by atoms with Crippen LogP contribution in [0.25, 0.3) is 0 Å². The maximum absolute atomic E-state index is 11.8. The van der Waals surface area contributed by atoms with Crippen molar-refractivity contribution in [3.63, 3.8) is 0 Å². The van der Waals surface area contributed by atoms with E-state index in [2.05, 4.69) is 10.5 Å². The Morgan fingerprint density at radius 3 is 2.55 bits per heavy atom. The number of rotatable bonds is 3. The Bertz CT molecular complexity index is 654. The van der Waals surface area contributed by atoms with Gasteiger partial charge in [-0.2, -0.15) is 5.10 Å². The molecule has 0 unspecified atom stereocenters. The molecule has 6 heteroatoms. The van der Waals surface area contributed by atoms with Crippen LogP contribution < -0.4 is 5.43 Å². The predicted octanol–water partition coefficient (Wildman–Crippen LogP) is 2.52. The molecule has 2 rings (SSSR count). The summed E-state index contributed by atoms with van der Waals surface area (Å²) < 4.78 is 0. The third-order valence-corrected chi connectivity index (χ3v) is 2.71. The largest absolute Gasteiger partial charge is 0.508 e. The minimum absolute atomic E-state index is 0.0420. The SMILES string of the molecule is O=C(N/N=C\c1ccc(O)cc1)c1cc(Cl)ccc1O. The van der Waals surface area contributed by atoms with E-state index in [9.17, 15) is 9.90 Å². The zero-order valence-electron chi connectivity index (χ0n) is 10.2. The van der Waals surface area contributed by atoms with Crippen LogP contribution in [0.15, 0.2) is 47.6 Å². The van der Waals surface area contributed by atoms with Crippen molar-refractivity contribution < 1.29 is 15.0 Å². The number of nitrogens with one attached hydrogen (secondary N) is 1. The summed E-state index contributed by atoms with van der Waals surface area (Å²) in [5, 5.41) is 22.8. The molecule has 102 valence electrons. The van der Waals surface area contributed by atoms with Crippen LogP contribution in [-0.2, 0) is 0 Å². The first-order valence-corrected chi connectivity index (χ1v) is 6.05. The lowest BCUT2D eigenvalue weighted by Crippen LogP contribution is -2.17. The minimum atomic E-state index is -0.569. The number of carbonyl (C=O) groups excluding carboxylic acids is 1. The number of halogens is 1. The van der Waals surface area contributed by atoms with Crippen molar-refractivity contribution in [2.24, 2.45) is 5.10 Å². The molecule has 0 bridgehead atoms. The highest BCUT2D eigenvalue weighted by atomic mass is 35.5. The quantitative estimate of drug-likeness (QED) is 0.600. The summed E-state index contributed by atoms with van der Waals surface area (Å²) in [4.78, 5) is 11.8.